The lowest BCUT2D eigenvalue weighted by atomic mass is 10.0. The lowest BCUT2D eigenvalue weighted by Gasteiger charge is -2.12. The van der Waals surface area contributed by atoms with Gasteiger partial charge in [0.05, 0.1) is 29.3 Å². The molecule has 4 N–H and O–H groups in total. The van der Waals surface area contributed by atoms with Gasteiger partial charge in [0.15, 0.2) is 5.75 Å². The summed E-state index contributed by atoms with van der Waals surface area (Å²) < 4.78 is 20.5. The second kappa shape index (κ2) is 6.10. The Bertz CT molecular complexity index is 1220. The van der Waals surface area contributed by atoms with E-state index in [1.807, 2.05) is 0 Å². The number of hydrogen-bond donors (Lipinski definition) is 3. The first-order chi connectivity index (χ1) is 13.5. The minimum absolute atomic E-state index is 0.170. The number of nitrogens with one attached hydrogen (secondary N) is 2. The minimum Gasteiger partial charge on any atom is -0.421 e. The zero-order chi connectivity index (χ0) is 19.4. The first-order valence-electron chi connectivity index (χ1n) is 8.97. The van der Waals surface area contributed by atoms with Gasteiger partial charge in [0.2, 0.25) is 0 Å². The van der Waals surface area contributed by atoms with Gasteiger partial charge in [0.25, 0.3) is 0 Å². The van der Waals surface area contributed by atoms with Crippen molar-refractivity contribution in [2.75, 3.05) is 12.4 Å². The predicted molar refractivity (Wildman–Crippen MR) is 103 cm³/mol. The predicted octanol–water partition coefficient (Wildman–Crippen LogP) is 2.61. The first-order valence-corrected chi connectivity index (χ1v) is 8.97. The van der Waals surface area contributed by atoms with Crippen molar-refractivity contribution >= 4 is 27.6 Å². The van der Waals surface area contributed by atoms with Gasteiger partial charge in [-0.1, -0.05) is 0 Å². The van der Waals surface area contributed by atoms with Gasteiger partial charge in [0, 0.05) is 30.3 Å². The molecule has 1 unspecified atom stereocenters. The van der Waals surface area contributed by atoms with Crippen LogP contribution in [0.15, 0.2) is 18.5 Å². The second-order valence-corrected chi connectivity index (χ2v) is 6.92. The number of aromatic amines is 1. The number of benzene rings is 1. The third-order valence-electron chi connectivity index (χ3n) is 4.99. The molecule has 28 heavy (non-hydrogen) atoms. The molecule has 3 aromatic heterocycles. The molecule has 0 spiro atoms. The van der Waals surface area contributed by atoms with Crippen LogP contribution < -0.4 is 15.8 Å². The Balaban J connectivity index is 1.75. The van der Waals surface area contributed by atoms with Gasteiger partial charge >= 0.3 is 6.01 Å². The second-order valence-electron chi connectivity index (χ2n) is 6.92. The maximum atomic E-state index is 14.8. The Morgan fingerprint density at radius 2 is 2.00 bits per heavy atom. The lowest BCUT2D eigenvalue weighted by Crippen LogP contribution is -2.25. The lowest BCUT2D eigenvalue weighted by molar-refractivity contribution is 0.436. The molecule has 142 valence electrons. The van der Waals surface area contributed by atoms with Crippen LogP contribution in [0.1, 0.15) is 17.1 Å². The third kappa shape index (κ3) is 2.55. The van der Waals surface area contributed by atoms with Crippen LogP contribution >= 0.6 is 0 Å². The zero-order valence-corrected chi connectivity index (χ0v) is 15.4. The van der Waals surface area contributed by atoms with Crippen LogP contribution in [-0.4, -0.2) is 38.0 Å². The molecule has 0 aliphatic heterocycles. The molecule has 4 aromatic rings. The van der Waals surface area contributed by atoms with Crippen molar-refractivity contribution in [3.63, 3.8) is 0 Å². The molecule has 0 saturated heterocycles. The molecular formula is C19H18FN7O. The average molecular weight is 379 g/mol. The van der Waals surface area contributed by atoms with E-state index < -0.39 is 0 Å². The van der Waals surface area contributed by atoms with E-state index >= 15 is 0 Å². The summed E-state index contributed by atoms with van der Waals surface area (Å²) in [6, 6.07) is 1.40. The van der Waals surface area contributed by atoms with E-state index in [2.05, 4.69) is 30.2 Å². The van der Waals surface area contributed by atoms with Crippen molar-refractivity contribution in [2.45, 2.75) is 25.8 Å². The molecule has 1 aromatic carbocycles. The smallest absolute Gasteiger partial charge is 0.324 e. The van der Waals surface area contributed by atoms with E-state index in [1.165, 1.54) is 6.07 Å². The highest BCUT2D eigenvalue weighted by atomic mass is 19.1. The Morgan fingerprint density at radius 3 is 2.75 bits per heavy atom. The number of nitrogens with two attached hydrogens (primary N) is 1. The highest BCUT2D eigenvalue weighted by Gasteiger charge is 2.26. The van der Waals surface area contributed by atoms with Crippen molar-refractivity contribution in [1.29, 1.82) is 0 Å². The Hall–Kier alpha value is -3.33. The summed E-state index contributed by atoms with van der Waals surface area (Å²) in [6.45, 7) is 1.79. The Kier molecular flexibility index (Phi) is 3.66. The molecule has 0 fully saturated rings. The van der Waals surface area contributed by atoms with Gasteiger partial charge < -0.3 is 20.8 Å². The van der Waals surface area contributed by atoms with Crippen molar-refractivity contribution in [3.8, 4) is 11.8 Å². The number of aryl methyl sites for hydroxylation is 1. The van der Waals surface area contributed by atoms with Gasteiger partial charge in [0.1, 0.15) is 17.3 Å². The molecular weight excluding hydrogens is 361 g/mol. The maximum Gasteiger partial charge on any atom is 0.324 e. The molecule has 5 rings (SSSR count). The topological polar surface area (TPSA) is 115 Å². The molecule has 1 aliphatic carbocycles. The fourth-order valence-corrected chi connectivity index (χ4v) is 3.76. The fourth-order valence-electron chi connectivity index (χ4n) is 3.76. The van der Waals surface area contributed by atoms with Crippen LogP contribution in [0.2, 0.25) is 0 Å². The molecule has 3 heterocycles. The summed E-state index contributed by atoms with van der Waals surface area (Å²) in [7, 11) is 1.75. The molecule has 8 nitrogen and oxygen atoms in total. The van der Waals surface area contributed by atoms with E-state index in [0.29, 0.717) is 41.3 Å². The summed E-state index contributed by atoms with van der Waals surface area (Å²) >= 11 is 0. The van der Waals surface area contributed by atoms with Crippen molar-refractivity contribution < 1.29 is 9.13 Å². The van der Waals surface area contributed by atoms with E-state index in [0.717, 1.165) is 22.0 Å². The summed E-state index contributed by atoms with van der Waals surface area (Å²) in [5.41, 5.74) is 9.62. The van der Waals surface area contributed by atoms with Crippen LogP contribution in [0.25, 0.3) is 21.9 Å². The fraction of sp³-hybridized carbons (Fsp3) is 0.263. The number of rotatable bonds is 3. The number of nitrogens with zero attached hydrogens (tertiary/aromatic N) is 4. The maximum absolute atomic E-state index is 14.8. The van der Waals surface area contributed by atoms with Crippen molar-refractivity contribution in [2.24, 2.45) is 5.73 Å². The summed E-state index contributed by atoms with van der Waals surface area (Å²) in [5, 5.41) is 4.61. The Labute approximate surface area is 159 Å². The number of H-pyrrole nitrogens is 1. The van der Waals surface area contributed by atoms with Gasteiger partial charge in [-0.15, -0.1) is 0 Å². The van der Waals surface area contributed by atoms with Crippen LogP contribution in [0.5, 0.6) is 11.8 Å². The van der Waals surface area contributed by atoms with E-state index in [9.17, 15) is 4.39 Å². The zero-order valence-electron chi connectivity index (χ0n) is 15.4. The monoisotopic (exact) mass is 379 g/mol. The molecule has 1 atom stereocenters. The van der Waals surface area contributed by atoms with Crippen LogP contribution in [0.4, 0.5) is 10.1 Å². The van der Waals surface area contributed by atoms with Crippen LogP contribution in [0, 0.1) is 12.7 Å². The largest absolute Gasteiger partial charge is 0.421 e. The first kappa shape index (κ1) is 16.8. The number of aromatic nitrogens is 5. The molecule has 0 saturated carbocycles. The van der Waals surface area contributed by atoms with E-state index in [4.69, 9.17) is 10.5 Å². The van der Waals surface area contributed by atoms with Crippen LogP contribution in [-0.2, 0) is 12.8 Å². The van der Waals surface area contributed by atoms with Crippen molar-refractivity contribution in [3.05, 3.63) is 41.4 Å². The third-order valence-corrected chi connectivity index (χ3v) is 4.99. The van der Waals surface area contributed by atoms with E-state index in [-0.39, 0.29) is 17.9 Å². The number of anilines is 1. The summed E-state index contributed by atoms with van der Waals surface area (Å²) in [5.74, 6) is 0.804. The number of hydrogen-bond acceptors (Lipinski definition) is 7. The minimum atomic E-state index is -0.279. The molecule has 0 bridgehead atoms. The van der Waals surface area contributed by atoms with E-state index in [1.54, 1.807) is 26.4 Å². The normalized spacial score (nSPS) is 15.9. The molecule has 1 aliphatic rings. The quantitative estimate of drug-likeness (QED) is 0.501. The summed E-state index contributed by atoms with van der Waals surface area (Å²) in [4.78, 5) is 20.6. The molecule has 0 amide bonds. The SMILES string of the molecule is CNc1cc(F)c2c3c1[nH]c1nc(Oc4cnc(C)nc4)nc(c13)CC(N)C2. The van der Waals surface area contributed by atoms with Gasteiger partial charge in [-0.2, -0.15) is 9.97 Å². The Morgan fingerprint density at radius 1 is 1.21 bits per heavy atom. The highest BCUT2D eigenvalue weighted by molar-refractivity contribution is 6.13. The standard InChI is InChI=1S/C19H18FN7O/c1-8-23-6-10(7-24-8)28-19-25-13-4-9(21)3-11-12(20)5-14(22-2)17-15(11)16(13)18(26-17)27-19/h5-7,9,22H,3-4,21H2,1-2H3,(H,25,26,27). The molecule has 9 heteroatoms. The van der Waals surface area contributed by atoms with Gasteiger partial charge in [-0.05, 0) is 25.0 Å². The van der Waals surface area contributed by atoms with Crippen LogP contribution in [0.3, 0.4) is 0 Å². The number of halogens is 1. The average Bonchev–Trinajstić information content (AvgIpc) is 2.97. The molecule has 0 radical (unpaired) electrons. The highest BCUT2D eigenvalue weighted by Crippen LogP contribution is 2.39. The summed E-state index contributed by atoms with van der Waals surface area (Å²) in [6.07, 6.45) is 4.06. The van der Waals surface area contributed by atoms with Gasteiger partial charge in [-0.25, -0.2) is 14.4 Å². The number of ether oxygens (including phenoxy) is 1. The van der Waals surface area contributed by atoms with Crippen molar-refractivity contribution in [1.82, 2.24) is 24.9 Å². The van der Waals surface area contributed by atoms with Gasteiger partial charge in [-0.3, -0.25) is 0 Å².